The van der Waals surface area contributed by atoms with Crippen LogP contribution in [-0.4, -0.2) is 66.3 Å². The van der Waals surface area contributed by atoms with Gasteiger partial charge in [0.25, 0.3) is 0 Å². The quantitative estimate of drug-likeness (QED) is 0.696. The molecule has 2 unspecified atom stereocenters. The Morgan fingerprint density at radius 2 is 2.29 bits per heavy atom. The Hall–Kier alpha value is -1.74. The predicted molar refractivity (Wildman–Crippen MR) is 60.4 cm³/mol. The average molecular weight is 240 g/mol. The molecule has 0 aromatic carbocycles. The Kier molecular flexibility index (Phi) is 4.35. The number of hydrogen-bond acceptors (Lipinski definition) is 3. The van der Waals surface area contributed by atoms with Gasteiger partial charge in [-0.05, 0) is 0 Å². The van der Waals surface area contributed by atoms with Crippen molar-refractivity contribution in [2.24, 2.45) is 0 Å². The summed E-state index contributed by atoms with van der Waals surface area (Å²) >= 11 is 0. The number of nitrogens with zero attached hydrogens (tertiary/aromatic N) is 2. The van der Waals surface area contributed by atoms with Gasteiger partial charge >= 0.3 is 12.0 Å². The molecular weight excluding hydrogens is 224 g/mol. The van der Waals surface area contributed by atoms with Gasteiger partial charge in [0.15, 0.2) is 0 Å². The minimum atomic E-state index is -1.02. The van der Waals surface area contributed by atoms with Gasteiger partial charge in [-0.1, -0.05) is 5.92 Å². The number of methoxy groups -OCH3 is 1. The summed E-state index contributed by atoms with van der Waals surface area (Å²) in [5.41, 5.74) is 0. The number of carboxylic acid groups (broad SMARTS) is 1. The second kappa shape index (κ2) is 5.55. The van der Waals surface area contributed by atoms with E-state index in [0.717, 1.165) is 0 Å². The van der Waals surface area contributed by atoms with Crippen LogP contribution in [0.5, 0.6) is 0 Å². The highest BCUT2D eigenvalue weighted by molar-refractivity contribution is 5.83. The summed E-state index contributed by atoms with van der Waals surface area (Å²) < 4.78 is 5.10. The van der Waals surface area contributed by atoms with Crippen LogP contribution in [0, 0.1) is 12.3 Å². The van der Waals surface area contributed by atoms with Crippen molar-refractivity contribution < 1.29 is 19.4 Å². The lowest BCUT2D eigenvalue weighted by Gasteiger charge is -2.26. The van der Waals surface area contributed by atoms with Crippen molar-refractivity contribution in [1.29, 1.82) is 0 Å². The van der Waals surface area contributed by atoms with Gasteiger partial charge in [-0.25, -0.2) is 9.59 Å². The van der Waals surface area contributed by atoms with E-state index in [1.165, 1.54) is 16.9 Å². The summed E-state index contributed by atoms with van der Waals surface area (Å²) in [6, 6.07) is -1.22. The first kappa shape index (κ1) is 13.3. The molecule has 0 aromatic rings. The molecule has 0 radical (unpaired) electrons. The highest BCUT2D eigenvalue weighted by Gasteiger charge is 2.40. The third-order valence-corrected chi connectivity index (χ3v) is 2.78. The molecule has 1 fully saturated rings. The summed E-state index contributed by atoms with van der Waals surface area (Å²) in [6.45, 7) is 0.431. The zero-order valence-corrected chi connectivity index (χ0v) is 9.92. The third-order valence-electron chi connectivity index (χ3n) is 2.78. The molecule has 2 amide bonds. The third kappa shape index (κ3) is 2.88. The van der Waals surface area contributed by atoms with Crippen molar-refractivity contribution in [3.05, 3.63) is 0 Å². The number of amides is 2. The van der Waals surface area contributed by atoms with Gasteiger partial charge in [0.2, 0.25) is 0 Å². The van der Waals surface area contributed by atoms with Crippen LogP contribution in [-0.2, 0) is 9.53 Å². The Morgan fingerprint density at radius 1 is 1.65 bits per heavy atom. The van der Waals surface area contributed by atoms with Gasteiger partial charge in [-0.15, -0.1) is 6.42 Å². The van der Waals surface area contributed by atoms with Crippen molar-refractivity contribution >= 4 is 12.0 Å². The van der Waals surface area contributed by atoms with Crippen LogP contribution in [0.15, 0.2) is 0 Å². The van der Waals surface area contributed by atoms with Gasteiger partial charge < -0.3 is 19.6 Å². The SMILES string of the molecule is C#CCN(C)C(=O)N1CC(OC)CC1C(=O)O. The van der Waals surface area contributed by atoms with E-state index in [2.05, 4.69) is 5.92 Å². The van der Waals surface area contributed by atoms with Gasteiger partial charge in [-0.2, -0.15) is 0 Å². The monoisotopic (exact) mass is 240 g/mol. The molecule has 1 N–H and O–H groups in total. The Labute approximate surface area is 100 Å². The summed E-state index contributed by atoms with van der Waals surface area (Å²) in [7, 11) is 3.05. The minimum Gasteiger partial charge on any atom is -0.480 e. The lowest BCUT2D eigenvalue weighted by atomic mass is 10.2. The smallest absolute Gasteiger partial charge is 0.326 e. The van der Waals surface area contributed by atoms with Crippen molar-refractivity contribution in [2.75, 3.05) is 27.2 Å². The second-order valence-corrected chi connectivity index (χ2v) is 3.94. The molecule has 17 heavy (non-hydrogen) atoms. The molecule has 1 heterocycles. The fraction of sp³-hybridized carbons (Fsp3) is 0.636. The summed E-state index contributed by atoms with van der Waals surface area (Å²) in [6.07, 6.45) is 5.18. The van der Waals surface area contributed by atoms with Crippen LogP contribution in [0.4, 0.5) is 4.79 Å². The van der Waals surface area contributed by atoms with E-state index in [1.54, 1.807) is 7.05 Å². The fourth-order valence-corrected chi connectivity index (χ4v) is 1.84. The molecule has 1 saturated heterocycles. The first-order chi connectivity index (χ1) is 8.01. The number of rotatable bonds is 3. The Morgan fingerprint density at radius 3 is 2.76 bits per heavy atom. The summed E-state index contributed by atoms with van der Waals surface area (Å²) in [5.74, 6) is 1.32. The molecule has 1 aliphatic heterocycles. The van der Waals surface area contributed by atoms with Gasteiger partial charge in [-0.3, -0.25) is 0 Å². The van der Waals surface area contributed by atoms with Crippen molar-refractivity contribution in [1.82, 2.24) is 9.80 Å². The Balaban J connectivity index is 2.77. The largest absolute Gasteiger partial charge is 0.480 e. The highest BCUT2D eigenvalue weighted by atomic mass is 16.5. The van der Waals surface area contributed by atoms with Gasteiger partial charge in [0, 0.05) is 27.1 Å². The molecule has 0 bridgehead atoms. The van der Waals surface area contributed by atoms with Crippen LogP contribution in [0.2, 0.25) is 0 Å². The number of carboxylic acids is 1. The zero-order valence-electron chi connectivity index (χ0n) is 9.92. The molecule has 1 aliphatic rings. The van der Waals surface area contributed by atoms with E-state index in [0.29, 0.717) is 6.42 Å². The number of terminal acetylenes is 1. The standard InChI is InChI=1S/C11H16N2O4/c1-4-5-12(2)11(16)13-7-8(17-3)6-9(13)10(14)15/h1,8-9H,5-7H2,2-3H3,(H,14,15). The Bertz CT molecular complexity index is 350. The lowest BCUT2D eigenvalue weighted by Crippen LogP contribution is -2.47. The molecule has 2 atom stereocenters. The number of carbonyl (C=O) groups excluding carboxylic acids is 1. The van der Waals surface area contributed by atoms with E-state index in [-0.39, 0.29) is 25.2 Å². The maximum absolute atomic E-state index is 11.9. The number of carbonyl (C=O) groups is 2. The molecule has 0 saturated carbocycles. The number of urea groups is 1. The normalized spacial score (nSPS) is 23.2. The van der Waals surface area contributed by atoms with E-state index < -0.39 is 12.0 Å². The van der Waals surface area contributed by atoms with E-state index in [9.17, 15) is 9.59 Å². The van der Waals surface area contributed by atoms with Crippen LogP contribution >= 0.6 is 0 Å². The first-order valence-electron chi connectivity index (χ1n) is 5.22. The fourth-order valence-electron chi connectivity index (χ4n) is 1.84. The predicted octanol–water partition coefficient (Wildman–Crippen LogP) is -0.155. The molecule has 0 spiro atoms. The number of hydrogen-bond donors (Lipinski definition) is 1. The summed E-state index contributed by atoms with van der Waals surface area (Å²) in [5, 5.41) is 9.05. The lowest BCUT2D eigenvalue weighted by molar-refractivity contribution is -0.141. The number of ether oxygens (including phenoxy) is 1. The van der Waals surface area contributed by atoms with Crippen LogP contribution in [0.1, 0.15) is 6.42 Å². The highest BCUT2D eigenvalue weighted by Crippen LogP contribution is 2.21. The molecular formula is C11H16N2O4. The van der Waals surface area contributed by atoms with E-state index in [4.69, 9.17) is 16.3 Å². The maximum atomic E-state index is 11.9. The molecule has 0 aliphatic carbocycles. The van der Waals surface area contributed by atoms with E-state index in [1.807, 2.05) is 0 Å². The number of likely N-dealkylation sites (tertiary alicyclic amines) is 1. The molecule has 6 nitrogen and oxygen atoms in total. The number of aliphatic carboxylic acids is 1. The molecule has 0 aromatic heterocycles. The van der Waals surface area contributed by atoms with E-state index >= 15 is 0 Å². The molecule has 1 rings (SSSR count). The maximum Gasteiger partial charge on any atom is 0.326 e. The van der Waals surface area contributed by atoms with Crippen molar-refractivity contribution in [3.63, 3.8) is 0 Å². The van der Waals surface area contributed by atoms with Crippen molar-refractivity contribution in [2.45, 2.75) is 18.6 Å². The topological polar surface area (TPSA) is 70.1 Å². The average Bonchev–Trinajstić information content (AvgIpc) is 2.72. The van der Waals surface area contributed by atoms with Crippen molar-refractivity contribution in [3.8, 4) is 12.3 Å². The van der Waals surface area contributed by atoms with Crippen LogP contribution in [0.3, 0.4) is 0 Å². The van der Waals surface area contributed by atoms with Gasteiger partial charge in [0.05, 0.1) is 12.6 Å². The summed E-state index contributed by atoms with van der Waals surface area (Å²) in [4.78, 5) is 25.6. The second-order valence-electron chi connectivity index (χ2n) is 3.94. The first-order valence-corrected chi connectivity index (χ1v) is 5.22. The van der Waals surface area contributed by atoms with Crippen LogP contribution < -0.4 is 0 Å². The van der Waals surface area contributed by atoms with Gasteiger partial charge in [0.1, 0.15) is 6.04 Å². The van der Waals surface area contributed by atoms with Crippen LogP contribution in [0.25, 0.3) is 0 Å². The zero-order chi connectivity index (χ0) is 13.0. The minimum absolute atomic E-state index is 0.152. The molecule has 6 heteroatoms. The molecule has 94 valence electrons.